The zero-order valence-electron chi connectivity index (χ0n) is 10.2. The number of halogens is 2. The Balaban J connectivity index is 1.98. The van der Waals surface area contributed by atoms with Crippen LogP contribution in [0.5, 0.6) is 0 Å². The Bertz CT molecular complexity index is 571. The molecule has 1 heterocycles. The van der Waals surface area contributed by atoms with Gasteiger partial charge in [0.15, 0.2) is 11.6 Å². The van der Waals surface area contributed by atoms with Gasteiger partial charge >= 0.3 is 0 Å². The summed E-state index contributed by atoms with van der Waals surface area (Å²) >= 11 is 0. The van der Waals surface area contributed by atoms with Crippen molar-refractivity contribution in [2.75, 3.05) is 7.05 Å². The van der Waals surface area contributed by atoms with Crippen molar-refractivity contribution in [3.8, 4) is 0 Å². The fourth-order valence-corrected chi connectivity index (χ4v) is 1.58. The summed E-state index contributed by atoms with van der Waals surface area (Å²) in [5, 5.41) is 6.31. The average molecular weight is 266 g/mol. The van der Waals surface area contributed by atoms with Gasteiger partial charge in [-0.1, -0.05) is 6.07 Å². The largest absolute Gasteiger partial charge is 0.338 e. The highest BCUT2D eigenvalue weighted by atomic mass is 19.2. The van der Waals surface area contributed by atoms with Gasteiger partial charge in [-0.2, -0.15) is 5.10 Å². The molecule has 0 aliphatic rings. The number of aromatic amines is 1. The molecule has 7 heteroatoms. The van der Waals surface area contributed by atoms with E-state index in [9.17, 15) is 13.6 Å². The zero-order valence-corrected chi connectivity index (χ0v) is 10.2. The first-order valence-electron chi connectivity index (χ1n) is 5.58. The van der Waals surface area contributed by atoms with Crippen LogP contribution in [0, 0.1) is 11.6 Å². The molecule has 2 aromatic rings. The summed E-state index contributed by atoms with van der Waals surface area (Å²) in [5.74, 6) is -1.54. The van der Waals surface area contributed by atoms with Gasteiger partial charge in [-0.25, -0.2) is 13.8 Å². The predicted octanol–water partition coefficient (Wildman–Crippen LogP) is 1.28. The summed E-state index contributed by atoms with van der Waals surface area (Å²) in [6, 6.07) is 3.42. The van der Waals surface area contributed by atoms with Crippen molar-refractivity contribution in [3.05, 3.63) is 47.5 Å². The number of aromatic nitrogens is 3. The lowest BCUT2D eigenvalue weighted by atomic mass is 10.1. The first-order valence-corrected chi connectivity index (χ1v) is 5.58. The van der Waals surface area contributed by atoms with Crippen LogP contribution in [0.15, 0.2) is 24.5 Å². The molecule has 0 bridgehead atoms. The Morgan fingerprint density at radius 2 is 2.16 bits per heavy atom. The Hall–Kier alpha value is -2.31. The molecule has 1 aromatic carbocycles. The van der Waals surface area contributed by atoms with Crippen molar-refractivity contribution >= 4 is 5.91 Å². The Kier molecular flexibility index (Phi) is 3.84. The van der Waals surface area contributed by atoms with E-state index in [4.69, 9.17) is 0 Å². The van der Waals surface area contributed by atoms with Crippen molar-refractivity contribution in [3.63, 3.8) is 0 Å². The third-order valence-corrected chi connectivity index (χ3v) is 2.62. The second-order valence-corrected chi connectivity index (χ2v) is 4.11. The third kappa shape index (κ3) is 3.34. The quantitative estimate of drug-likeness (QED) is 0.906. The number of benzene rings is 1. The summed E-state index contributed by atoms with van der Waals surface area (Å²) in [6.07, 6.45) is 1.35. The van der Waals surface area contributed by atoms with Crippen molar-refractivity contribution in [2.45, 2.75) is 13.0 Å². The lowest BCUT2D eigenvalue weighted by Crippen LogP contribution is -2.28. The van der Waals surface area contributed by atoms with Crippen LogP contribution >= 0.6 is 0 Å². The second-order valence-electron chi connectivity index (χ2n) is 4.11. The molecular weight excluding hydrogens is 254 g/mol. The van der Waals surface area contributed by atoms with Crippen LogP contribution in [0.25, 0.3) is 0 Å². The number of rotatable bonds is 4. The molecule has 100 valence electrons. The summed E-state index contributed by atoms with van der Waals surface area (Å²) in [5.41, 5.74) is 0.424. The van der Waals surface area contributed by atoms with Crippen LogP contribution in [0.1, 0.15) is 11.4 Å². The topological polar surface area (TPSA) is 61.9 Å². The highest BCUT2D eigenvalue weighted by Gasteiger charge is 2.12. The number of H-pyrrole nitrogens is 1. The molecular formula is C12H12F2N4O. The fraction of sp³-hybridized carbons (Fsp3) is 0.250. The smallest absolute Gasteiger partial charge is 0.227 e. The number of hydrogen-bond acceptors (Lipinski definition) is 3. The van der Waals surface area contributed by atoms with E-state index < -0.39 is 11.6 Å². The number of likely N-dealkylation sites (N-methyl/N-ethyl adjacent to an activating group) is 1. The number of carbonyl (C=O) groups is 1. The van der Waals surface area contributed by atoms with Crippen LogP contribution < -0.4 is 0 Å². The van der Waals surface area contributed by atoms with Crippen LogP contribution in [0.2, 0.25) is 0 Å². The molecule has 0 saturated heterocycles. The molecule has 2 rings (SSSR count). The van der Waals surface area contributed by atoms with E-state index in [-0.39, 0.29) is 18.9 Å². The van der Waals surface area contributed by atoms with Gasteiger partial charge in [-0.05, 0) is 17.7 Å². The maximum Gasteiger partial charge on any atom is 0.227 e. The molecule has 1 aromatic heterocycles. The maximum absolute atomic E-state index is 13.0. The molecule has 0 spiro atoms. The van der Waals surface area contributed by atoms with Crippen molar-refractivity contribution in [1.29, 1.82) is 0 Å². The number of hydrogen-bond donors (Lipinski definition) is 1. The first-order chi connectivity index (χ1) is 9.06. The summed E-state index contributed by atoms with van der Waals surface area (Å²) in [6.45, 7) is 0.280. The zero-order chi connectivity index (χ0) is 13.8. The molecule has 0 saturated carbocycles. The van der Waals surface area contributed by atoms with Crippen LogP contribution in [0.3, 0.4) is 0 Å². The van der Waals surface area contributed by atoms with Crippen molar-refractivity contribution < 1.29 is 13.6 Å². The Labute approximate surface area is 108 Å². The summed E-state index contributed by atoms with van der Waals surface area (Å²) in [7, 11) is 1.60. The minimum Gasteiger partial charge on any atom is -0.338 e. The molecule has 0 unspecified atom stereocenters. The monoisotopic (exact) mass is 266 g/mol. The molecule has 5 nitrogen and oxygen atoms in total. The standard InChI is InChI=1S/C12H12F2N4O/c1-18(6-11-15-7-16-17-11)12(19)5-8-2-3-9(13)10(14)4-8/h2-4,7H,5-6H2,1H3,(H,15,16,17). The van der Waals surface area contributed by atoms with Gasteiger partial charge in [-0.3, -0.25) is 9.89 Å². The van der Waals surface area contributed by atoms with Gasteiger partial charge < -0.3 is 4.90 Å². The van der Waals surface area contributed by atoms with E-state index in [1.807, 2.05) is 0 Å². The third-order valence-electron chi connectivity index (χ3n) is 2.62. The van der Waals surface area contributed by atoms with E-state index in [0.29, 0.717) is 11.4 Å². The molecule has 1 amide bonds. The van der Waals surface area contributed by atoms with Crippen molar-refractivity contribution in [1.82, 2.24) is 20.1 Å². The molecule has 0 aliphatic heterocycles. The van der Waals surface area contributed by atoms with Crippen LogP contribution in [-0.2, 0) is 17.8 Å². The van der Waals surface area contributed by atoms with Gasteiger partial charge in [0, 0.05) is 7.05 Å². The predicted molar refractivity (Wildman–Crippen MR) is 62.9 cm³/mol. The lowest BCUT2D eigenvalue weighted by molar-refractivity contribution is -0.129. The number of amides is 1. The molecule has 19 heavy (non-hydrogen) atoms. The minimum atomic E-state index is -0.955. The SMILES string of the molecule is CN(Cc1ncn[nH]1)C(=O)Cc1ccc(F)c(F)c1. The molecule has 0 fully saturated rings. The maximum atomic E-state index is 13.0. The molecule has 0 aliphatic carbocycles. The molecule has 0 radical (unpaired) electrons. The number of nitrogens with zero attached hydrogens (tertiary/aromatic N) is 3. The van der Waals surface area contributed by atoms with Gasteiger partial charge in [0.25, 0.3) is 0 Å². The van der Waals surface area contributed by atoms with E-state index in [1.165, 1.54) is 17.3 Å². The van der Waals surface area contributed by atoms with Gasteiger partial charge in [0.1, 0.15) is 12.2 Å². The van der Waals surface area contributed by atoms with Gasteiger partial charge in [0.2, 0.25) is 5.91 Å². The highest BCUT2D eigenvalue weighted by molar-refractivity contribution is 5.78. The normalized spacial score (nSPS) is 10.5. The highest BCUT2D eigenvalue weighted by Crippen LogP contribution is 2.10. The average Bonchev–Trinajstić information content (AvgIpc) is 2.86. The molecule has 0 atom stereocenters. The van der Waals surface area contributed by atoms with Gasteiger partial charge in [-0.15, -0.1) is 0 Å². The first kappa shape index (κ1) is 13.1. The Morgan fingerprint density at radius 1 is 1.37 bits per heavy atom. The van der Waals surface area contributed by atoms with Gasteiger partial charge in [0.05, 0.1) is 13.0 Å². The Morgan fingerprint density at radius 3 is 2.79 bits per heavy atom. The molecule has 1 N–H and O–H groups in total. The van der Waals surface area contributed by atoms with E-state index in [0.717, 1.165) is 12.1 Å². The summed E-state index contributed by atoms with van der Waals surface area (Å²) < 4.78 is 25.8. The second kappa shape index (κ2) is 5.55. The number of nitrogens with one attached hydrogen (secondary N) is 1. The van der Waals surface area contributed by atoms with Crippen LogP contribution in [-0.4, -0.2) is 33.0 Å². The number of carbonyl (C=O) groups excluding carboxylic acids is 1. The van der Waals surface area contributed by atoms with Crippen LogP contribution in [0.4, 0.5) is 8.78 Å². The van der Waals surface area contributed by atoms with E-state index in [1.54, 1.807) is 7.05 Å². The van der Waals surface area contributed by atoms with E-state index >= 15 is 0 Å². The lowest BCUT2D eigenvalue weighted by Gasteiger charge is -2.15. The fourth-order valence-electron chi connectivity index (χ4n) is 1.58. The van der Waals surface area contributed by atoms with E-state index in [2.05, 4.69) is 15.2 Å². The minimum absolute atomic E-state index is 0.00182. The van der Waals surface area contributed by atoms with Crippen molar-refractivity contribution in [2.24, 2.45) is 0 Å². The summed E-state index contributed by atoms with van der Waals surface area (Å²) in [4.78, 5) is 17.2.